The summed E-state index contributed by atoms with van der Waals surface area (Å²) in [4.78, 5) is 0. The van der Waals surface area contributed by atoms with E-state index in [1.165, 1.54) is 6.07 Å². The van der Waals surface area contributed by atoms with Gasteiger partial charge in [-0.3, -0.25) is 0 Å². The highest BCUT2D eigenvalue weighted by Gasteiger charge is 2.30. The zero-order valence-corrected chi connectivity index (χ0v) is 9.72. The molecule has 0 spiro atoms. The van der Waals surface area contributed by atoms with E-state index in [2.05, 4.69) is 6.07 Å². The van der Waals surface area contributed by atoms with Crippen LogP contribution in [0.2, 0.25) is 5.02 Å². The van der Waals surface area contributed by atoms with Gasteiger partial charge in [0.25, 0.3) is 0 Å². The number of hydrogen-bond donors (Lipinski definition) is 0. The lowest BCUT2D eigenvalue weighted by atomic mass is 10.2. The molecule has 5 heteroatoms. The number of alkyl halides is 3. The quantitative estimate of drug-likeness (QED) is 0.751. The number of hydrogen-bond acceptors (Lipinski definition) is 1. The van der Waals surface area contributed by atoms with E-state index in [-0.39, 0.29) is 5.75 Å². The van der Waals surface area contributed by atoms with Crippen LogP contribution in [0.1, 0.15) is 5.56 Å². The summed E-state index contributed by atoms with van der Waals surface area (Å²) in [6, 6.07) is 11.9. The van der Waals surface area contributed by atoms with Gasteiger partial charge in [0.1, 0.15) is 11.5 Å². The van der Waals surface area contributed by atoms with E-state index in [0.29, 0.717) is 10.8 Å². The summed E-state index contributed by atoms with van der Waals surface area (Å²) in [5.74, 6) is 0.405. The molecule has 1 radical (unpaired) electrons. The Hall–Kier alpha value is -1.68. The van der Waals surface area contributed by atoms with Crippen molar-refractivity contribution in [2.45, 2.75) is 6.18 Å². The highest BCUT2D eigenvalue weighted by molar-refractivity contribution is 6.30. The molecule has 0 saturated heterocycles. The Morgan fingerprint density at radius 3 is 2.33 bits per heavy atom. The largest absolute Gasteiger partial charge is 0.457 e. The fourth-order valence-electron chi connectivity index (χ4n) is 1.31. The maximum absolute atomic E-state index is 12.5. The van der Waals surface area contributed by atoms with Crippen molar-refractivity contribution in [2.75, 3.05) is 0 Å². The lowest BCUT2D eigenvalue weighted by Gasteiger charge is -2.09. The van der Waals surface area contributed by atoms with E-state index in [4.69, 9.17) is 16.3 Å². The molecule has 0 aliphatic rings. The Bertz CT molecular complexity index is 535. The first-order valence-electron chi connectivity index (χ1n) is 4.97. The molecular formula is C13H7ClF3O. The van der Waals surface area contributed by atoms with Crippen LogP contribution in [0.3, 0.4) is 0 Å². The number of rotatable bonds is 2. The van der Waals surface area contributed by atoms with Crippen molar-refractivity contribution in [1.82, 2.24) is 0 Å². The molecule has 0 atom stereocenters. The number of ether oxygens (including phenoxy) is 1. The molecule has 2 rings (SSSR count). The van der Waals surface area contributed by atoms with Gasteiger partial charge in [0, 0.05) is 11.1 Å². The van der Waals surface area contributed by atoms with Crippen molar-refractivity contribution >= 4 is 11.6 Å². The van der Waals surface area contributed by atoms with Gasteiger partial charge in [0.2, 0.25) is 0 Å². The maximum atomic E-state index is 12.5. The van der Waals surface area contributed by atoms with Gasteiger partial charge in [-0.1, -0.05) is 11.6 Å². The monoisotopic (exact) mass is 271 g/mol. The molecule has 0 bridgehead atoms. The molecule has 0 amide bonds. The summed E-state index contributed by atoms with van der Waals surface area (Å²) >= 11 is 5.69. The predicted molar refractivity (Wildman–Crippen MR) is 61.8 cm³/mol. The molecule has 0 unspecified atom stereocenters. The molecule has 0 heterocycles. The molecule has 0 N–H and O–H groups in total. The van der Waals surface area contributed by atoms with E-state index >= 15 is 0 Å². The maximum Gasteiger partial charge on any atom is 0.416 e. The summed E-state index contributed by atoms with van der Waals surface area (Å²) in [6.07, 6.45) is -4.40. The topological polar surface area (TPSA) is 9.23 Å². The number of benzene rings is 2. The van der Waals surface area contributed by atoms with Gasteiger partial charge in [-0.05, 0) is 42.5 Å². The fraction of sp³-hybridized carbons (Fsp3) is 0.0769. The first-order chi connectivity index (χ1) is 8.45. The van der Waals surface area contributed by atoms with Crippen molar-refractivity contribution in [3.8, 4) is 11.5 Å². The van der Waals surface area contributed by atoms with Gasteiger partial charge >= 0.3 is 6.18 Å². The molecule has 0 fully saturated rings. The molecular weight excluding hydrogens is 265 g/mol. The van der Waals surface area contributed by atoms with Crippen LogP contribution in [0.25, 0.3) is 0 Å². The standard InChI is InChI=1S/C13H7ClF3O/c14-10-4-6-11(7-5-10)18-12-3-1-2-9(8-12)13(15,16)17/h1-2,4-8H. The SMILES string of the molecule is FC(F)(F)c1cc[c]c(Oc2ccc(Cl)cc2)c1. The first-order valence-corrected chi connectivity index (χ1v) is 5.35. The van der Waals surface area contributed by atoms with Crippen molar-refractivity contribution in [3.05, 3.63) is 59.1 Å². The highest BCUT2D eigenvalue weighted by Crippen LogP contribution is 2.32. The summed E-state index contributed by atoms with van der Waals surface area (Å²) in [5, 5.41) is 0.523. The average Bonchev–Trinajstić information content (AvgIpc) is 2.31. The third kappa shape index (κ3) is 3.17. The summed E-state index contributed by atoms with van der Waals surface area (Å²) in [7, 11) is 0. The van der Waals surface area contributed by atoms with Crippen LogP contribution >= 0.6 is 11.6 Å². The van der Waals surface area contributed by atoms with Crippen LogP contribution in [-0.2, 0) is 6.18 Å². The van der Waals surface area contributed by atoms with Crippen molar-refractivity contribution in [1.29, 1.82) is 0 Å². The zero-order valence-electron chi connectivity index (χ0n) is 8.96. The number of halogens is 4. The molecule has 93 valence electrons. The van der Waals surface area contributed by atoms with E-state index in [0.717, 1.165) is 12.1 Å². The summed E-state index contributed by atoms with van der Waals surface area (Å²) in [6.45, 7) is 0. The Balaban J connectivity index is 2.22. The van der Waals surface area contributed by atoms with Gasteiger partial charge in [0.15, 0.2) is 0 Å². The Morgan fingerprint density at radius 2 is 1.72 bits per heavy atom. The summed E-state index contributed by atoms with van der Waals surface area (Å²) in [5.41, 5.74) is -0.773. The molecule has 1 nitrogen and oxygen atoms in total. The minimum absolute atomic E-state index is 0.00662. The van der Waals surface area contributed by atoms with E-state index in [9.17, 15) is 13.2 Å². The molecule has 0 aliphatic carbocycles. The molecule has 0 saturated carbocycles. The third-order valence-electron chi connectivity index (χ3n) is 2.14. The van der Waals surface area contributed by atoms with Crippen LogP contribution < -0.4 is 4.74 Å². The van der Waals surface area contributed by atoms with Crippen LogP contribution in [-0.4, -0.2) is 0 Å². The smallest absolute Gasteiger partial charge is 0.416 e. The van der Waals surface area contributed by atoms with Crippen LogP contribution in [0.4, 0.5) is 13.2 Å². The molecule has 0 aromatic heterocycles. The molecule has 0 aliphatic heterocycles. The van der Waals surface area contributed by atoms with Crippen LogP contribution in [0.15, 0.2) is 42.5 Å². The minimum atomic E-state index is -4.40. The van der Waals surface area contributed by atoms with E-state index < -0.39 is 11.7 Å². The lowest BCUT2D eigenvalue weighted by Crippen LogP contribution is -2.04. The lowest BCUT2D eigenvalue weighted by molar-refractivity contribution is -0.137. The Kier molecular flexibility index (Phi) is 3.48. The zero-order chi connectivity index (χ0) is 13.2. The second-order valence-electron chi connectivity index (χ2n) is 3.50. The van der Waals surface area contributed by atoms with Crippen molar-refractivity contribution in [3.63, 3.8) is 0 Å². The highest BCUT2D eigenvalue weighted by atomic mass is 35.5. The molecule has 2 aromatic rings. The van der Waals surface area contributed by atoms with Crippen molar-refractivity contribution in [2.24, 2.45) is 0 Å². The normalized spacial score (nSPS) is 11.3. The van der Waals surface area contributed by atoms with E-state index in [1.807, 2.05) is 0 Å². The second kappa shape index (κ2) is 4.90. The minimum Gasteiger partial charge on any atom is -0.457 e. The predicted octanol–water partition coefficient (Wildman–Crippen LogP) is 4.95. The van der Waals surface area contributed by atoms with Gasteiger partial charge in [-0.15, -0.1) is 0 Å². The average molecular weight is 272 g/mol. The third-order valence-corrected chi connectivity index (χ3v) is 2.40. The van der Waals surface area contributed by atoms with Crippen LogP contribution in [0.5, 0.6) is 11.5 Å². The molecule has 18 heavy (non-hydrogen) atoms. The van der Waals surface area contributed by atoms with Gasteiger partial charge < -0.3 is 4.74 Å². The summed E-state index contributed by atoms with van der Waals surface area (Å²) < 4.78 is 42.7. The van der Waals surface area contributed by atoms with Gasteiger partial charge in [0.05, 0.1) is 5.56 Å². The Labute approximate surface area is 107 Å². The van der Waals surface area contributed by atoms with E-state index in [1.54, 1.807) is 24.3 Å². The molecule has 2 aromatic carbocycles. The first kappa shape index (κ1) is 12.8. The second-order valence-corrected chi connectivity index (χ2v) is 3.93. The Morgan fingerprint density at radius 1 is 1.06 bits per heavy atom. The van der Waals surface area contributed by atoms with Gasteiger partial charge in [-0.25, -0.2) is 0 Å². The fourth-order valence-corrected chi connectivity index (χ4v) is 1.44. The van der Waals surface area contributed by atoms with Crippen LogP contribution in [0, 0.1) is 6.07 Å². The van der Waals surface area contributed by atoms with Gasteiger partial charge in [-0.2, -0.15) is 13.2 Å². The van der Waals surface area contributed by atoms with Crippen molar-refractivity contribution < 1.29 is 17.9 Å².